The zero-order valence-electron chi connectivity index (χ0n) is 13.1. The lowest BCUT2D eigenvalue weighted by Gasteiger charge is -2.19. The molecule has 0 aromatic rings. The van der Waals surface area contributed by atoms with Crippen LogP contribution in [0.15, 0.2) is 0 Å². The quantitative estimate of drug-likeness (QED) is 0.448. The minimum Gasteiger partial charge on any atom is -0.466 e. The van der Waals surface area contributed by atoms with Gasteiger partial charge in [-0.1, -0.05) is 13.8 Å². The highest BCUT2D eigenvalue weighted by Gasteiger charge is 2.22. The summed E-state index contributed by atoms with van der Waals surface area (Å²) in [4.78, 5) is 23.1. The van der Waals surface area contributed by atoms with Crippen molar-refractivity contribution in [3.63, 3.8) is 0 Å². The molecule has 0 radical (unpaired) electrons. The molecule has 1 atom stereocenters. The van der Waals surface area contributed by atoms with Crippen molar-refractivity contribution < 1.29 is 22.7 Å². The predicted octanol–water partition coefficient (Wildman–Crippen LogP) is 0.410. The van der Waals surface area contributed by atoms with E-state index in [2.05, 4.69) is 10.0 Å². The van der Waals surface area contributed by atoms with Crippen LogP contribution in [0.3, 0.4) is 0 Å². The lowest BCUT2D eigenvalue weighted by molar-refractivity contribution is -0.143. The Morgan fingerprint density at radius 2 is 1.86 bits per heavy atom. The van der Waals surface area contributed by atoms with Gasteiger partial charge >= 0.3 is 5.97 Å². The number of hydrogen-bond donors (Lipinski definition) is 2. The van der Waals surface area contributed by atoms with E-state index in [1.54, 1.807) is 6.92 Å². The normalized spacial score (nSPS) is 13.0. The Labute approximate surface area is 126 Å². The molecule has 0 bridgehead atoms. The van der Waals surface area contributed by atoms with Gasteiger partial charge in [0.05, 0.1) is 12.9 Å². The monoisotopic (exact) mass is 322 g/mol. The number of carbonyl (C=O) groups excluding carboxylic acids is 2. The molecule has 1 amide bonds. The first-order valence-corrected chi connectivity index (χ1v) is 8.95. The van der Waals surface area contributed by atoms with E-state index in [1.165, 1.54) is 0 Å². The number of ether oxygens (including phenoxy) is 1. The van der Waals surface area contributed by atoms with E-state index >= 15 is 0 Å². The van der Waals surface area contributed by atoms with Gasteiger partial charge < -0.3 is 10.1 Å². The Balaban J connectivity index is 4.26. The van der Waals surface area contributed by atoms with Crippen LogP contribution < -0.4 is 10.0 Å². The largest absolute Gasteiger partial charge is 0.466 e. The Morgan fingerprint density at radius 3 is 2.33 bits per heavy atom. The number of esters is 1. The van der Waals surface area contributed by atoms with Crippen LogP contribution >= 0.6 is 0 Å². The number of rotatable bonds is 10. The maximum Gasteiger partial charge on any atom is 0.305 e. The molecule has 0 aliphatic heterocycles. The average Bonchev–Trinajstić information content (AvgIpc) is 2.31. The van der Waals surface area contributed by atoms with Gasteiger partial charge in [-0.15, -0.1) is 0 Å². The third-order valence-corrected chi connectivity index (χ3v) is 3.25. The maximum absolute atomic E-state index is 12.0. The van der Waals surface area contributed by atoms with Gasteiger partial charge in [-0.3, -0.25) is 9.59 Å². The lowest BCUT2D eigenvalue weighted by atomic mass is 10.0. The number of hydrogen-bond acceptors (Lipinski definition) is 5. The number of nitrogens with one attached hydrogen (secondary N) is 2. The van der Waals surface area contributed by atoms with Crippen LogP contribution in [0.4, 0.5) is 0 Å². The van der Waals surface area contributed by atoms with E-state index in [1.807, 2.05) is 13.8 Å². The van der Waals surface area contributed by atoms with Crippen LogP contribution in [0, 0.1) is 5.92 Å². The van der Waals surface area contributed by atoms with Crippen LogP contribution in [0.25, 0.3) is 0 Å². The molecular formula is C13H26N2O5S. The van der Waals surface area contributed by atoms with Gasteiger partial charge in [0.25, 0.3) is 0 Å². The second kappa shape index (κ2) is 9.73. The molecule has 0 aliphatic carbocycles. The van der Waals surface area contributed by atoms with Crippen LogP contribution in [0.5, 0.6) is 0 Å². The van der Waals surface area contributed by atoms with Crippen molar-refractivity contribution in [1.82, 2.24) is 10.0 Å². The summed E-state index contributed by atoms with van der Waals surface area (Å²) in [5, 5.41) is 2.63. The van der Waals surface area contributed by atoms with Crippen LogP contribution in [0.1, 0.15) is 40.0 Å². The summed E-state index contributed by atoms with van der Waals surface area (Å²) in [6, 6.07) is -0.789. The van der Waals surface area contributed by atoms with E-state index in [4.69, 9.17) is 4.74 Å². The molecule has 8 heteroatoms. The van der Waals surface area contributed by atoms with Crippen molar-refractivity contribution in [2.24, 2.45) is 5.92 Å². The molecule has 0 saturated heterocycles. The third-order valence-electron chi connectivity index (χ3n) is 2.54. The third kappa shape index (κ3) is 11.2. The lowest BCUT2D eigenvalue weighted by Crippen LogP contribution is -2.47. The Morgan fingerprint density at radius 1 is 1.24 bits per heavy atom. The summed E-state index contributed by atoms with van der Waals surface area (Å²) in [6.07, 6.45) is 2.12. The van der Waals surface area contributed by atoms with Crippen molar-refractivity contribution in [1.29, 1.82) is 0 Å². The molecule has 1 unspecified atom stereocenters. The molecular weight excluding hydrogens is 296 g/mol. The SMILES string of the molecule is CCOC(=O)CCCNC(=O)C(CC(C)C)NS(C)(=O)=O. The molecule has 0 rings (SSSR count). The molecule has 124 valence electrons. The van der Waals surface area contributed by atoms with Gasteiger partial charge in [-0.2, -0.15) is 0 Å². The first kappa shape index (κ1) is 19.9. The van der Waals surface area contributed by atoms with Crippen molar-refractivity contribution in [2.45, 2.75) is 46.1 Å². The summed E-state index contributed by atoms with van der Waals surface area (Å²) in [5.41, 5.74) is 0. The highest BCUT2D eigenvalue weighted by Crippen LogP contribution is 2.06. The van der Waals surface area contributed by atoms with Gasteiger partial charge in [0.2, 0.25) is 15.9 Å². The number of sulfonamides is 1. The van der Waals surface area contributed by atoms with Crippen LogP contribution in [-0.2, 0) is 24.3 Å². The zero-order valence-corrected chi connectivity index (χ0v) is 14.0. The fourth-order valence-electron chi connectivity index (χ4n) is 1.74. The highest BCUT2D eigenvalue weighted by molar-refractivity contribution is 7.88. The summed E-state index contributed by atoms with van der Waals surface area (Å²) in [7, 11) is -3.45. The van der Waals surface area contributed by atoms with Gasteiger partial charge in [-0.25, -0.2) is 13.1 Å². The fourth-order valence-corrected chi connectivity index (χ4v) is 2.46. The molecule has 0 spiro atoms. The Kier molecular flexibility index (Phi) is 9.19. The predicted molar refractivity (Wildman–Crippen MR) is 80.1 cm³/mol. The minimum absolute atomic E-state index is 0.175. The Bertz CT molecular complexity index is 434. The minimum atomic E-state index is -3.45. The van der Waals surface area contributed by atoms with Crippen molar-refractivity contribution in [3.05, 3.63) is 0 Å². The van der Waals surface area contributed by atoms with Gasteiger partial charge in [0, 0.05) is 13.0 Å². The van der Waals surface area contributed by atoms with E-state index in [9.17, 15) is 18.0 Å². The molecule has 0 aromatic carbocycles. The van der Waals surface area contributed by atoms with Crippen LogP contribution in [-0.4, -0.2) is 45.7 Å². The molecule has 7 nitrogen and oxygen atoms in total. The second-order valence-electron chi connectivity index (χ2n) is 5.27. The molecule has 0 fully saturated rings. The molecule has 0 aromatic heterocycles. The molecule has 0 heterocycles. The van der Waals surface area contributed by atoms with Crippen LogP contribution in [0.2, 0.25) is 0 Å². The van der Waals surface area contributed by atoms with Crippen molar-refractivity contribution in [3.8, 4) is 0 Å². The van der Waals surface area contributed by atoms with Gasteiger partial charge in [0.15, 0.2) is 0 Å². The summed E-state index contributed by atoms with van der Waals surface area (Å²) in [6.45, 7) is 6.18. The summed E-state index contributed by atoms with van der Waals surface area (Å²) >= 11 is 0. The number of carbonyl (C=O) groups is 2. The number of amides is 1. The Hall–Kier alpha value is -1.15. The highest BCUT2D eigenvalue weighted by atomic mass is 32.2. The fraction of sp³-hybridized carbons (Fsp3) is 0.846. The molecule has 2 N–H and O–H groups in total. The molecule has 0 aliphatic rings. The standard InChI is InChI=1S/C13H26N2O5S/c1-5-20-12(16)7-6-8-14-13(17)11(9-10(2)3)15-21(4,18)19/h10-11,15H,5-9H2,1-4H3,(H,14,17). The average molecular weight is 322 g/mol. The maximum atomic E-state index is 12.0. The van der Waals surface area contributed by atoms with Gasteiger partial charge in [-0.05, 0) is 25.7 Å². The van der Waals surface area contributed by atoms with Gasteiger partial charge in [0.1, 0.15) is 6.04 Å². The van der Waals surface area contributed by atoms with Crippen molar-refractivity contribution >= 4 is 21.9 Å². The summed E-state index contributed by atoms with van der Waals surface area (Å²) in [5.74, 6) is -0.507. The summed E-state index contributed by atoms with van der Waals surface area (Å²) < 4.78 is 29.6. The first-order valence-electron chi connectivity index (χ1n) is 7.06. The molecule has 21 heavy (non-hydrogen) atoms. The van der Waals surface area contributed by atoms with E-state index in [0.717, 1.165) is 6.26 Å². The van der Waals surface area contributed by atoms with E-state index < -0.39 is 16.1 Å². The zero-order chi connectivity index (χ0) is 16.5. The molecule has 0 saturated carbocycles. The first-order chi connectivity index (χ1) is 9.65. The topological polar surface area (TPSA) is 102 Å². The van der Waals surface area contributed by atoms with Crippen molar-refractivity contribution in [2.75, 3.05) is 19.4 Å². The second-order valence-corrected chi connectivity index (χ2v) is 7.05. The smallest absolute Gasteiger partial charge is 0.305 e. The van der Waals surface area contributed by atoms with E-state index in [0.29, 0.717) is 26.0 Å². The van der Waals surface area contributed by atoms with E-state index in [-0.39, 0.29) is 24.2 Å².